The van der Waals surface area contributed by atoms with Crippen molar-refractivity contribution < 1.29 is 4.74 Å². The van der Waals surface area contributed by atoms with Crippen LogP contribution in [0.3, 0.4) is 0 Å². The molecule has 1 atom stereocenters. The largest absolute Gasteiger partial charge is 0.491 e. The van der Waals surface area contributed by atoms with Crippen LogP contribution in [0.25, 0.3) is 10.9 Å². The van der Waals surface area contributed by atoms with Crippen LogP contribution in [0.2, 0.25) is 0 Å². The molecule has 0 amide bonds. The van der Waals surface area contributed by atoms with E-state index in [0.717, 1.165) is 37.4 Å². The van der Waals surface area contributed by atoms with Crippen molar-refractivity contribution in [2.75, 3.05) is 19.6 Å². The number of ether oxygens (including phenoxy) is 1. The van der Waals surface area contributed by atoms with Crippen molar-refractivity contribution in [3.8, 4) is 5.75 Å². The number of benzene rings is 2. The number of pyridine rings is 1. The zero-order chi connectivity index (χ0) is 18.6. The van der Waals surface area contributed by atoms with Crippen molar-refractivity contribution in [3.63, 3.8) is 0 Å². The van der Waals surface area contributed by atoms with Crippen LogP contribution in [0.1, 0.15) is 31.0 Å². The highest BCUT2D eigenvalue weighted by atomic mass is 16.5. The van der Waals surface area contributed by atoms with Gasteiger partial charge in [-0.15, -0.1) is 0 Å². The molecule has 4 rings (SSSR count). The molecule has 1 saturated heterocycles. The maximum atomic E-state index is 5.79. The highest BCUT2D eigenvalue weighted by Gasteiger charge is 2.24. The van der Waals surface area contributed by atoms with Gasteiger partial charge in [0.05, 0.1) is 11.6 Å². The molecule has 0 bridgehead atoms. The lowest BCUT2D eigenvalue weighted by molar-refractivity contribution is 0.154. The summed E-state index contributed by atoms with van der Waals surface area (Å²) in [5, 5.41) is 4.80. The number of hydrogen-bond acceptors (Lipinski definition) is 4. The number of hydrogen-bond donors (Lipinski definition) is 1. The quantitative estimate of drug-likeness (QED) is 0.740. The van der Waals surface area contributed by atoms with Crippen molar-refractivity contribution in [1.29, 1.82) is 0 Å². The van der Waals surface area contributed by atoms with Gasteiger partial charge in [-0.3, -0.25) is 9.88 Å². The molecule has 27 heavy (non-hydrogen) atoms. The maximum absolute atomic E-state index is 5.79. The summed E-state index contributed by atoms with van der Waals surface area (Å²) in [6, 6.07) is 19.5. The Kier molecular flexibility index (Phi) is 5.37. The van der Waals surface area contributed by atoms with Gasteiger partial charge in [0, 0.05) is 43.8 Å². The molecule has 140 valence electrons. The molecular weight excluding hydrogens is 334 g/mol. The number of fused-ring (bicyclic) bond motifs is 1. The van der Waals surface area contributed by atoms with E-state index in [1.54, 1.807) is 0 Å². The third kappa shape index (κ3) is 4.12. The second-order valence-electron chi connectivity index (χ2n) is 7.41. The van der Waals surface area contributed by atoms with Crippen molar-refractivity contribution in [2.45, 2.75) is 32.5 Å². The van der Waals surface area contributed by atoms with Crippen molar-refractivity contribution >= 4 is 10.9 Å². The molecule has 1 aliphatic rings. The molecule has 1 fully saturated rings. The van der Waals surface area contributed by atoms with Gasteiger partial charge in [-0.25, -0.2) is 0 Å². The molecule has 0 saturated carbocycles. The lowest BCUT2D eigenvalue weighted by atomic mass is 10.0. The normalized spacial score (nSPS) is 18.1. The molecular formula is C23H27N3O. The Morgan fingerprint density at radius 2 is 1.93 bits per heavy atom. The summed E-state index contributed by atoms with van der Waals surface area (Å²) in [4.78, 5) is 7.07. The first-order chi connectivity index (χ1) is 13.2. The number of rotatable bonds is 5. The SMILES string of the molecule is CC(C)Oc1ccc(C2CNCCN2Cc2ccnc3ccccc23)cc1. The van der Waals surface area contributed by atoms with E-state index in [4.69, 9.17) is 4.74 Å². The smallest absolute Gasteiger partial charge is 0.119 e. The summed E-state index contributed by atoms with van der Waals surface area (Å²) in [5.74, 6) is 0.934. The van der Waals surface area contributed by atoms with E-state index < -0.39 is 0 Å². The highest BCUT2D eigenvalue weighted by Crippen LogP contribution is 2.28. The van der Waals surface area contributed by atoms with Gasteiger partial charge in [-0.05, 0) is 49.2 Å². The number of piperazine rings is 1. The fourth-order valence-corrected chi connectivity index (χ4v) is 3.82. The summed E-state index contributed by atoms with van der Waals surface area (Å²) in [5.41, 5.74) is 3.74. The topological polar surface area (TPSA) is 37.4 Å². The summed E-state index contributed by atoms with van der Waals surface area (Å²) in [6.45, 7) is 8.06. The average molecular weight is 361 g/mol. The van der Waals surface area contributed by atoms with Gasteiger partial charge in [0.15, 0.2) is 0 Å². The van der Waals surface area contributed by atoms with E-state index in [-0.39, 0.29) is 6.10 Å². The second kappa shape index (κ2) is 8.07. The van der Waals surface area contributed by atoms with E-state index in [9.17, 15) is 0 Å². The highest BCUT2D eigenvalue weighted by molar-refractivity contribution is 5.81. The van der Waals surface area contributed by atoms with Crippen molar-refractivity contribution in [1.82, 2.24) is 15.2 Å². The van der Waals surface area contributed by atoms with Crippen LogP contribution < -0.4 is 10.1 Å². The molecule has 0 spiro atoms. The predicted molar refractivity (Wildman–Crippen MR) is 110 cm³/mol. The fourth-order valence-electron chi connectivity index (χ4n) is 3.82. The molecule has 1 unspecified atom stereocenters. The van der Waals surface area contributed by atoms with Crippen LogP contribution in [0.5, 0.6) is 5.75 Å². The first-order valence-electron chi connectivity index (χ1n) is 9.75. The Labute approximate surface area is 161 Å². The minimum absolute atomic E-state index is 0.198. The number of nitrogens with one attached hydrogen (secondary N) is 1. The Morgan fingerprint density at radius 1 is 1.11 bits per heavy atom. The fraction of sp³-hybridized carbons (Fsp3) is 0.348. The standard InChI is InChI=1S/C23H27N3O/c1-17(2)27-20-9-7-18(8-10-20)23-15-24-13-14-26(23)16-19-11-12-25-22-6-4-3-5-21(19)22/h3-12,17,23-24H,13-16H2,1-2H3. The van der Waals surface area contributed by atoms with Gasteiger partial charge in [0.1, 0.15) is 5.75 Å². The summed E-state index contributed by atoms with van der Waals surface area (Å²) >= 11 is 0. The Hall–Kier alpha value is -2.43. The zero-order valence-corrected chi connectivity index (χ0v) is 16.1. The van der Waals surface area contributed by atoms with E-state index in [1.165, 1.54) is 16.5 Å². The Balaban J connectivity index is 1.57. The third-order valence-corrected chi connectivity index (χ3v) is 5.10. The first kappa shape index (κ1) is 18.0. The van der Waals surface area contributed by atoms with Gasteiger partial charge < -0.3 is 10.1 Å². The number of nitrogens with zero attached hydrogens (tertiary/aromatic N) is 2. The lowest BCUT2D eigenvalue weighted by Gasteiger charge is -2.36. The van der Waals surface area contributed by atoms with Crippen molar-refractivity contribution in [2.24, 2.45) is 0 Å². The molecule has 1 aliphatic heterocycles. The van der Waals surface area contributed by atoms with E-state index in [1.807, 2.05) is 12.3 Å². The molecule has 4 nitrogen and oxygen atoms in total. The van der Waals surface area contributed by atoms with E-state index >= 15 is 0 Å². The van der Waals surface area contributed by atoms with Crippen molar-refractivity contribution in [3.05, 3.63) is 71.9 Å². The monoisotopic (exact) mass is 361 g/mol. The predicted octanol–water partition coefficient (Wildman–Crippen LogP) is 4.17. The van der Waals surface area contributed by atoms with Gasteiger partial charge in [-0.2, -0.15) is 0 Å². The van der Waals surface area contributed by atoms with E-state index in [0.29, 0.717) is 6.04 Å². The van der Waals surface area contributed by atoms with Gasteiger partial charge in [0.2, 0.25) is 0 Å². The average Bonchev–Trinajstić information content (AvgIpc) is 2.69. The molecule has 4 heteroatoms. The minimum atomic E-state index is 0.198. The summed E-state index contributed by atoms with van der Waals surface area (Å²) in [7, 11) is 0. The van der Waals surface area contributed by atoms with Crippen LogP contribution in [-0.4, -0.2) is 35.6 Å². The van der Waals surface area contributed by atoms with Crippen LogP contribution in [-0.2, 0) is 6.54 Å². The molecule has 2 aromatic carbocycles. The molecule has 1 N–H and O–H groups in total. The molecule has 3 aromatic rings. The molecule has 2 heterocycles. The van der Waals surface area contributed by atoms with Gasteiger partial charge in [0.25, 0.3) is 0 Å². The zero-order valence-electron chi connectivity index (χ0n) is 16.1. The van der Waals surface area contributed by atoms with Crippen LogP contribution in [0.4, 0.5) is 0 Å². The second-order valence-corrected chi connectivity index (χ2v) is 7.41. The van der Waals surface area contributed by atoms with Gasteiger partial charge in [-0.1, -0.05) is 30.3 Å². The molecule has 0 radical (unpaired) electrons. The number of para-hydroxylation sites is 1. The molecule has 1 aromatic heterocycles. The molecule has 0 aliphatic carbocycles. The lowest BCUT2D eigenvalue weighted by Crippen LogP contribution is -2.45. The number of aromatic nitrogens is 1. The van der Waals surface area contributed by atoms with Crippen LogP contribution >= 0.6 is 0 Å². The van der Waals surface area contributed by atoms with Gasteiger partial charge >= 0.3 is 0 Å². The third-order valence-electron chi connectivity index (χ3n) is 5.10. The summed E-state index contributed by atoms with van der Waals surface area (Å²) < 4.78 is 5.79. The van der Waals surface area contributed by atoms with Crippen LogP contribution in [0.15, 0.2) is 60.8 Å². The van der Waals surface area contributed by atoms with Crippen LogP contribution in [0, 0.1) is 0 Å². The Bertz CT molecular complexity index is 886. The summed E-state index contributed by atoms with van der Waals surface area (Å²) in [6.07, 6.45) is 2.12. The minimum Gasteiger partial charge on any atom is -0.491 e. The maximum Gasteiger partial charge on any atom is 0.119 e. The first-order valence-corrected chi connectivity index (χ1v) is 9.75. The Morgan fingerprint density at radius 3 is 2.74 bits per heavy atom. The van der Waals surface area contributed by atoms with E-state index in [2.05, 4.69) is 77.6 Å².